The second kappa shape index (κ2) is 9.25. The minimum absolute atomic E-state index is 0.272. The van der Waals surface area contributed by atoms with Gasteiger partial charge in [0.15, 0.2) is 0 Å². The number of ether oxygens (including phenoxy) is 1. The predicted octanol–water partition coefficient (Wildman–Crippen LogP) is 4.40. The van der Waals surface area contributed by atoms with Gasteiger partial charge in [-0.1, -0.05) is 26.0 Å². The van der Waals surface area contributed by atoms with E-state index < -0.39 is 12.0 Å². The Kier molecular flexibility index (Phi) is 7.65. The molecule has 142 valence electrons. The second-order valence-corrected chi connectivity index (χ2v) is 6.22. The van der Waals surface area contributed by atoms with E-state index in [4.69, 9.17) is 15.6 Å². The van der Waals surface area contributed by atoms with Crippen molar-refractivity contribution in [3.8, 4) is 17.2 Å². The summed E-state index contributed by atoms with van der Waals surface area (Å²) in [7, 11) is 0. The van der Waals surface area contributed by atoms with E-state index in [9.17, 15) is 9.90 Å². The van der Waals surface area contributed by atoms with Crippen LogP contribution >= 0.6 is 0 Å². The first-order chi connectivity index (χ1) is 12.2. The first kappa shape index (κ1) is 21.5. The molecule has 0 fully saturated rings. The van der Waals surface area contributed by atoms with Gasteiger partial charge in [0.05, 0.1) is 0 Å². The van der Waals surface area contributed by atoms with Gasteiger partial charge in [0.2, 0.25) is 0 Å². The van der Waals surface area contributed by atoms with E-state index >= 15 is 0 Å². The highest BCUT2D eigenvalue weighted by molar-refractivity contribution is 5.73. The minimum Gasteiger partial charge on any atom is -0.507 e. The quantitative estimate of drug-likeness (QED) is 0.736. The van der Waals surface area contributed by atoms with E-state index in [2.05, 4.69) is 0 Å². The molecule has 0 aliphatic heterocycles. The number of carboxylic acid groups (broad SMARTS) is 1. The Morgan fingerprint density at radius 3 is 1.88 bits per heavy atom. The van der Waals surface area contributed by atoms with Crippen molar-refractivity contribution >= 4 is 5.97 Å². The third-order valence-electron chi connectivity index (χ3n) is 3.98. The zero-order chi connectivity index (χ0) is 20.0. The van der Waals surface area contributed by atoms with Crippen LogP contribution in [0, 0.1) is 27.7 Å². The number of carbonyl (C=O) groups is 1. The molecule has 2 rings (SSSR count). The predicted molar refractivity (Wildman–Crippen MR) is 104 cm³/mol. The normalized spacial score (nSPS) is 11.3. The summed E-state index contributed by atoms with van der Waals surface area (Å²) in [5.41, 5.74) is 9.79. The standard InChI is InChI=1S/C19H23NO4.C2H6/c1-10-7-15(8-11(2)17(10)21)24-18-12(3)5-14(6-13(18)4)9-16(20)19(22)23;1-2/h5-8,16,21H,9,20H2,1-4H3,(H,22,23);1-2H3/t16-;/m0./s1. The van der Waals surface area contributed by atoms with Crippen LogP contribution in [-0.4, -0.2) is 22.2 Å². The van der Waals surface area contributed by atoms with Crippen LogP contribution in [0.3, 0.4) is 0 Å². The van der Waals surface area contributed by atoms with Crippen LogP contribution in [0.1, 0.15) is 41.7 Å². The Bertz CT molecular complexity index is 738. The Balaban J connectivity index is 0.00000163. The molecule has 0 bridgehead atoms. The monoisotopic (exact) mass is 359 g/mol. The van der Waals surface area contributed by atoms with Crippen LogP contribution in [-0.2, 0) is 11.2 Å². The number of hydrogen-bond acceptors (Lipinski definition) is 4. The SMILES string of the molecule is CC.Cc1cc(Oc2c(C)cc(C[C@H](N)C(=O)O)cc2C)cc(C)c1O. The van der Waals surface area contributed by atoms with E-state index in [0.717, 1.165) is 33.6 Å². The molecule has 5 nitrogen and oxygen atoms in total. The van der Waals surface area contributed by atoms with Gasteiger partial charge in [-0.2, -0.15) is 0 Å². The molecule has 2 aromatic carbocycles. The summed E-state index contributed by atoms with van der Waals surface area (Å²) < 4.78 is 6.01. The summed E-state index contributed by atoms with van der Waals surface area (Å²) >= 11 is 0. The van der Waals surface area contributed by atoms with Crippen molar-refractivity contribution in [1.82, 2.24) is 0 Å². The lowest BCUT2D eigenvalue weighted by atomic mass is 10.0. The van der Waals surface area contributed by atoms with Crippen molar-refractivity contribution in [2.24, 2.45) is 5.73 Å². The highest BCUT2D eigenvalue weighted by atomic mass is 16.5. The van der Waals surface area contributed by atoms with E-state index in [1.54, 1.807) is 12.1 Å². The molecular formula is C21H29NO4. The molecule has 26 heavy (non-hydrogen) atoms. The summed E-state index contributed by atoms with van der Waals surface area (Å²) in [5.74, 6) is 0.644. The molecule has 0 heterocycles. The molecular weight excluding hydrogens is 330 g/mol. The maximum Gasteiger partial charge on any atom is 0.320 e. The van der Waals surface area contributed by atoms with Crippen molar-refractivity contribution in [2.75, 3.05) is 0 Å². The number of phenolic OH excluding ortho intramolecular Hbond substituents is 1. The molecule has 5 heteroatoms. The first-order valence-electron chi connectivity index (χ1n) is 8.75. The van der Waals surface area contributed by atoms with E-state index in [-0.39, 0.29) is 12.2 Å². The Morgan fingerprint density at radius 1 is 1.00 bits per heavy atom. The van der Waals surface area contributed by atoms with E-state index in [1.807, 2.05) is 53.7 Å². The maximum atomic E-state index is 10.9. The topological polar surface area (TPSA) is 92.8 Å². The fourth-order valence-corrected chi connectivity index (χ4v) is 2.75. The number of nitrogens with two attached hydrogens (primary N) is 1. The molecule has 0 aliphatic carbocycles. The molecule has 0 aliphatic rings. The zero-order valence-corrected chi connectivity index (χ0v) is 16.4. The van der Waals surface area contributed by atoms with Gasteiger partial charge >= 0.3 is 5.97 Å². The summed E-state index contributed by atoms with van der Waals surface area (Å²) in [6.45, 7) is 11.5. The van der Waals surface area contributed by atoms with E-state index in [0.29, 0.717) is 5.75 Å². The van der Waals surface area contributed by atoms with Crippen molar-refractivity contribution in [1.29, 1.82) is 0 Å². The number of carboxylic acids is 1. The van der Waals surface area contributed by atoms with Crippen LogP contribution in [0.15, 0.2) is 24.3 Å². The Labute approximate surface area is 155 Å². The van der Waals surface area contributed by atoms with Gasteiger partial charge < -0.3 is 20.7 Å². The minimum atomic E-state index is -1.01. The van der Waals surface area contributed by atoms with Gasteiger partial charge in [-0.15, -0.1) is 0 Å². The number of benzene rings is 2. The third kappa shape index (κ3) is 5.23. The molecule has 0 saturated heterocycles. The first-order valence-corrected chi connectivity index (χ1v) is 8.75. The van der Waals surface area contributed by atoms with Crippen LogP contribution in [0.25, 0.3) is 0 Å². The van der Waals surface area contributed by atoms with Crippen molar-refractivity contribution < 1.29 is 19.7 Å². The highest BCUT2D eigenvalue weighted by Crippen LogP contribution is 2.33. The number of aromatic hydroxyl groups is 1. The second-order valence-electron chi connectivity index (χ2n) is 6.22. The number of aliphatic carboxylic acids is 1. The van der Waals surface area contributed by atoms with Gasteiger partial charge in [0.25, 0.3) is 0 Å². The lowest BCUT2D eigenvalue weighted by molar-refractivity contribution is -0.138. The molecule has 0 saturated carbocycles. The van der Waals surface area contributed by atoms with Gasteiger partial charge in [0.1, 0.15) is 23.3 Å². The number of phenols is 1. The van der Waals surface area contributed by atoms with Crippen molar-refractivity contribution in [3.05, 3.63) is 52.1 Å². The Hall–Kier alpha value is -2.53. The fourth-order valence-electron chi connectivity index (χ4n) is 2.75. The fraction of sp³-hybridized carbons (Fsp3) is 0.381. The molecule has 1 atom stereocenters. The summed E-state index contributed by atoms with van der Waals surface area (Å²) in [5, 5.41) is 18.8. The van der Waals surface area contributed by atoms with Crippen molar-refractivity contribution in [2.45, 2.75) is 54.0 Å². The number of rotatable bonds is 5. The van der Waals surface area contributed by atoms with Gasteiger partial charge in [-0.25, -0.2) is 0 Å². The molecule has 0 radical (unpaired) electrons. The molecule has 0 spiro atoms. The largest absolute Gasteiger partial charge is 0.507 e. The van der Waals surface area contributed by atoms with E-state index in [1.165, 1.54) is 0 Å². The lowest BCUT2D eigenvalue weighted by Crippen LogP contribution is -2.32. The number of hydrogen-bond donors (Lipinski definition) is 3. The summed E-state index contributed by atoms with van der Waals surface area (Å²) in [6, 6.07) is 6.44. The molecule has 0 aromatic heterocycles. The average Bonchev–Trinajstić information content (AvgIpc) is 2.57. The average molecular weight is 359 g/mol. The highest BCUT2D eigenvalue weighted by Gasteiger charge is 2.15. The molecule has 0 unspecified atom stereocenters. The molecule has 4 N–H and O–H groups in total. The van der Waals surface area contributed by atoms with Crippen LogP contribution < -0.4 is 10.5 Å². The summed E-state index contributed by atoms with van der Waals surface area (Å²) in [6.07, 6.45) is 0.273. The van der Waals surface area contributed by atoms with Crippen LogP contribution in [0.5, 0.6) is 17.2 Å². The summed E-state index contributed by atoms with van der Waals surface area (Å²) in [4.78, 5) is 10.9. The zero-order valence-electron chi connectivity index (χ0n) is 16.4. The smallest absolute Gasteiger partial charge is 0.320 e. The molecule has 2 aromatic rings. The van der Waals surface area contributed by atoms with Gasteiger partial charge in [-0.3, -0.25) is 4.79 Å². The van der Waals surface area contributed by atoms with Crippen molar-refractivity contribution in [3.63, 3.8) is 0 Å². The van der Waals surface area contributed by atoms with Gasteiger partial charge in [-0.05, 0) is 74.1 Å². The number of aryl methyl sites for hydroxylation is 4. The van der Waals surface area contributed by atoms with Crippen LogP contribution in [0.4, 0.5) is 0 Å². The Morgan fingerprint density at radius 2 is 1.46 bits per heavy atom. The lowest BCUT2D eigenvalue weighted by Gasteiger charge is -2.16. The van der Waals surface area contributed by atoms with Crippen LogP contribution in [0.2, 0.25) is 0 Å². The third-order valence-corrected chi connectivity index (χ3v) is 3.98. The maximum absolute atomic E-state index is 10.9. The van der Waals surface area contributed by atoms with Gasteiger partial charge in [0, 0.05) is 0 Å². The molecule has 0 amide bonds.